The van der Waals surface area contributed by atoms with E-state index in [2.05, 4.69) is 13.8 Å². The van der Waals surface area contributed by atoms with Crippen LogP contribution in [0.15, 0.2) is 0 Å². The van der Waals surface area contributed by atoms with E-state index in [1.54, 1.807) is 14.2 Å². The van der Waals surface area contributed by atoms with Gasteiger partial charge in [0.2, 0.25) is 0 Å². The number of hydrogen-bond donors (Lipinski definition) is 0. The first-order valence-corrected chi connectivity index (χ1v) is 5.51. The van der Waals surface area contributed by atoms with Crippen LogP contribution in [0.2, 0.25) is 0 Å². The Balaban J connectivity index is 4.13. The second-order valence-electron chi connectivity index (χ2n) is 3.66. The van der Waals surface area contributed by atoms with Crippen molar-refractivity contribution in [3.05, 3.63) is 0 Å². The predicted molar refractivity (Wildman–Crippen MR) is 56.7 cm³/mol. The van der Waals surface area contributed by atoms with Gasteiger partial charge in [-0.1, -0.05) is 13.8 Å². The smallest absolute Gasteiger partial charge is 0.169 e. The van der Waals surface area contributed by atoms with Gasteiger partial charge in [0, 0.05) is 33.7 Å². The van der Waals surface area contributed by atoms with E-state index >= 15 is 0 Å². The maximum atomic E-state index is 5.41. The van der Waals surface area contributed by atoms with Crippen LogP contribution in [-0.2, 0) is 13.9 Å². The van der Waals surface area contributed by atoms with Crippen LogP contribution in [-0.4, -0.2) is 37.1 Å². The maximum absolute atomic E-state index is 5.41. The van der Waals surface area contributed by atoms with Gasteiger partial charge >= 0.3 is 0 Å². The van der Waals surface area contributed by atoms with Gasteiger partial charge in [0.05, 0.1) is 0 Å². The molecule has 0 aliphatic carbocycles. The average molecular weight is 206 g/mol. The Hall–Kier alpha value is 0.0969. The molecule has 0 bridgehead atoms. The molecule has 0 N–H and O–H groups in total. The van der Waals surface area contributed by atoms with Crippen LogP contribution in [0.4, 0.5) is 0 Å². The Morgan fingerprint density at radius 3 is 2.08 bits per heavy atom. The van der Waals surface area contributed by atoms with Crippen molar-refractivity contribution in [3.63, 3.8) is 0 Å². The van der Waals surface area contributed by atoms with Crippen molar-refractivity contribution >= 4 is 10.5 Å². The van der Waals surface area contributed by atoms with E-state index in [0.29, 0.717) is 5.92 Å². The molecular weight excluding hydrogens is 184 g/mol. The fraction of sp³-hybridized carbons (Fsp3) is 1.00. The molecule has 0 aromatic heterocycles. The highest BCUT2D eigenvalue weighted by Crippen LogP contribution is 2.25. The lowest BCUT2D eigenvalue weighted by molar-refractivity contribution is -0.222. The lowest BCUT2D eigenvalue weighted by Crippen LogP contribution is -2.36. The summed E-state index contributed by atoms with van der Waals surface area (Å²) in [4.78, 5) is 0. The summed E-state index contributed by atoms with van der Waals surface area (Å²) >= 11 is 0. The highest BCUT2D eigenvalue weighted by atomic mass is 28.2. The molecule has 13 heavy (non-hydrogen) atoms. The Morgan fingerprint density at radius 1 is 1.23 bits per heavy atom. The minimum absolute atomic E-state index is 0.446. The molecular formula is C9H22O3Si. The lowest BCUT2D eigenvalue weighted by atomic mass is 10.00. The van der Waals surface area contributed by atoms with Crippen LogP contribution in [0.25, 0.3) is 0 Å². The molecule has 0 unspecified atom stereocenters. The molecule has 3 nitrogen and oxygen atoms in total. The topological polar surface area (TPSA) is 27.7 Å². The van der Waals surface area contributed by atoms with Gasteiger partial charge in [0.15, 0.2) is 5.79 Å². The molecule has 0 aromatic rings. The molecule has 4 heteroatoms. The summed E-state index contributed by atoms with van der Waals surface area (Å²) in [6, 6.07) is 0. The number of methoxy groups -OCH3 is 2. The van der Waals surface area contributed by atoms with Crippen LogP contribution in [0.3, 0.4) is 0 Å². The lowest BCUT2D eigenvalue weighted by Gasteiger charge is -2.32. The minimum atomic E-state index is -0.446. The normalized spacial score (nSPS) is 12.7. The van der Waals surface area contributed by atoms with E-state index in [1.165, 1.54) is 0 Å². The standard InChI is InChI=1S/C9H22O3Si/c1-8(2)7-9(10-3,11-4)5-6-12-13/h8H,5-7H2,1-4,13H3. The molecule has 0 saturated carbocycles. The van der Waals surface area contributed by atoms with E-state index in [1.807, 2.05) is 0 Å². The molecule has 0 aliphatic rings. The molecule has 0 fully saturated rings. The summed E-state index contributed by atoms with van der Waals surface area (Å²) in [7, 11) is 4.16. The van der Waals surface area contributed by atoms with Gasteiger partial charge in [-0.05, 0) is 5.92 Å². The number of rotatable bonds is 7. The molecule has 0 spiro atoms. The predicted octanol–water partition coefficient (Wildman–Crippen LogP) is 0.709. The SMILES string of the molecule is COC(CCO[SiH3])(CC(C)C)OC. The highest BCUT2D eigenvalue weighted by molar-refractivity contribution is 5.97. The van der Waals surface area contributed by atoms with E-state index in [-0.39, 0.29) is 0 Å². The van der Waals surface area contributed by atoms with Crippen LogP contribution >= 0.6 is 0 Å². The Kier molecular flexibility index (Phi) is 6.58. The molecule has 0 radical (unpaired) electrons. The molecule has 0 rings (SSSR count). The van der Waals surface area contributed by atoms with Crippen molar-refractivity contribution in [3.8, 4) is 0 Å². The third kappa shape index (κ3) is 4.76. The molecule has 0 amide bonds. The van der Waals surface area contributed by atoms with Crippen molar-refractivity contribution in [2.45, 2.75) is 32.5 Å². The van der Waals surface area contributed by atoms with Gasteiger partial charge in [0.25, 0.3) is 0 Å². The zero-order valence-electron chi connectivity index (χ0n) is 9.42. The van der Waals surface area contributed by atoms with Crippen LogP contribution in [0, 0.1) is 5.92 Å². The van der Waals surface area contributed by atoms with Crippen molar-refractivity contribution < 1.29 is 13.9 Å². The van der Waals surface area contributed by atoms with Crippen LogP contribution in [0.5, 0.6) is 0 Å². The van der Waals surface area contributed by atoms with Crippen LogP contribution < -0.4 is 0 Å². The van der Waals surface area contributed by atoms with Crippen molar-refractivity contribution in [2.75, 3.05) is 20.8 Å². The molecule has 0 atom stereocenters. The second kappa shape index (κ2) is 6.54. The van der Waals surface area contributed by atoms with Crippen LogP contribution in [0.1, 0.15) is 26.7 Å². The quantitative estimate of drug-likeness (QED) is 0.453. The summed E-state index contributed by atoms with van der Waals surface area (Å²) in [5.41, 5.74) is 0. The Morgan fingerprint density at radius 2 is 1.77 bits per heavy atom. The van der Waals surface area contributed by atoms with Crippen molar-refractivity contribution in [2.24, 2.45) is 5.92 Å². The molecule has 0 aliphatic heterocycles. The maximum Gasteiger partial charge on any atom is 0.169 e. The van der Waals surface area contributed by atoms with Crippen molar-refractivity contribution in [1.29, 1.82) is 0 Å². The third-order valence-corrected chi connectivity index (χ3v) is 2.56. The van der Waals surface area contributed by atoms with E-state index in [4.69, 9.17) is 13.9 Å². The highest BCUT2D eigenvalue weighted by Gasteiger charge is 2.29. The molecule has 0 aromatic carbocycles. The zero-order valence-corrected chi connectivity index (χ0v) is 11.4. The number of hydrogen-bond acceptors (Lipinski definition) is 3. The fourth-order valence-corrected chi connectivity index (χ4v) is 1.64. The summed E-state index contributed by atoms with van der Waals surface area (Å²) in [6.07, 6.45) is 1.71. The Bertz CT molecular complexity index is 124. The first-order valence-electron chi connectivity index (χ1n) is 4.69. The summed E-state index contributed by atoms with van der Waals surface area (Å²) in [5.74, 6) is 0.118. The monoisotopic (exact) mass is 206 g/mol. The fourth-order valence-electron chi connectivity index (χ4n) is 1.44. The summed E-state index contributed by atoms with van der Waals surface area (Å²) < 4.78 is 16.0. The van der Waals surface area contributed by atoms with Gasteiger partial charge in [0.1, 0.15) is 10.5 Å². The molecule has 0 heterocycles. The molecule has 0 saturated heterocycles. The summed E-state index contributed by atoms with van der Waals surface area (Å²) in [5, 5.41) is 0. The average Bonchev–Trinajstić information content (AvgIpc) is 2.12. The van der Waals surface area contributed by atoms with Gasteiger partial charge in [-0.15, -0.1) is 0 Å². The number of ether oxygens (including phenoxy) is 2. The van der Waals surface area contributed by atoms with E-state index in [0.717, 1.165) is 29.9 Å². The van der Waals surface area contributed by atoms with Gasteiger partial charge in [-0.3, -0.25) is 0 Å². The first-order chi connectivity index (χ1) is 6.10. The van der Waals surface area contributed by atoms with Crippen molar-refractivity contribution in [1.82, 2.24) is 0 Å². The minimum Gasteiger partial charge on any atom is -0.428 e. The van der Waals surface area contributed by atoms with Gasteiger partial charge in [-0.2, -0.15) is 0 Å². The van der Waals surface area contributed by atoms with Gasteiger partial charge in [-0.25, -0.2) is 0 Å². The van der Waals surface area contributed by atoms with Gasteiger partial charge < -0.3 is 13.9 Å². The first kappa shape index (κ1) is 13.1. The molecule has 80 valence electrons. The Labute approximate surface area is 84.3 Å². The van der Waals surface area contributed by atoms with E-state index < -0.39 is 5.79 Å². The third-order valence-electron chi connectivity index (χ3n) is 2.15. The summed E-state index contributed by atoms with van der Waals surface area (Å²) in [6.45, 7) is 5.04. The van der Waals surface area contributed by atoms with E-state index in [9.17, 15) is 0 Å². The zero-order chi connectivity index (χ0) is 10.3. The second-order valence-corrected chi connectivity index (χ2v) is 4.24. The largest absolute Gasteiger partial charge is 0.428 e.